The molecule has 1 fully saturated rings. The van der Waals surface area contributed by atoms with Crippen molar-refractivity contribution in [2.45, 2.75) is 13.3 Å². The lowest BCUT2D eigenvalue weighted by Gasteiger charge is -2.31. The summed E-state index contributed by atoms with van der Waals surface area (Å²) >= 11 is 0. The number of ether oxygens (including phenoxy) is 2. The Hall–Kier alpha value is -1.42. The number of rotatable bonds is 5. The summed E-state index contributed by atoms with van der Waals surface area (Å²) in [5.41, 5.74) is 1.14. The highest BCUT2D eigenvalue weighted by molar-refractivity contribution is 5.62. The van der Waals surface area contributed by atoms with Gasteiger partial charge in [-0.2, -0.15) is 0 Å². The highest BCUT2D eigenvalue weighted by atomic mass is 16.5. The minimum atomic E-state index is 0.755. The molecule has 0 aliphatic carbocycles. The second-order valence-corrected chi connectivity index (χ2v) is 4.42. The first kappa shape index (κ1) is 13.0. The third kappa shape index (κ3) is 3.07. The van der Waals surface area contributed by atoms with Crippen LogP contribution in [0.5, 0.6) is 11.5 Å². The standard InChI is InChI=1S/C14H22N2O2/c1-3-10-18-14-5-4-12(17-2)11-13(14)16-8-6-15-7-9-16/h4-5,11,15H,3,6-10H2,1-2H3. The van der Waals surface area contributed by atoms with Crippen molar-refractivity contribution in [3.8, 4) is 11.5 Å². The van der Waals surface area contributed by atoms with Crippen LogP contribution < -0.4 is 19.7 Å². The van der Waals surface area contributed by atoms with Crippen molar-refractivity contribution in [1.82, 2.24) is 5.32 Å². The van der Waals surface area contributed by atoms with Crippen LogP contribution in [0.1, 0.15) is 13.3 Å². The number of nitrogens with one attached hydrogen (secondary N) is 1. The maximum absolute atomic E-state index is 5.82. The predicted octanol–water partition coefficient (Wildman–Crippen LogP) is 1.89. The van der Waals surface area contributed by atoms with E-state index in [1.54, 1.807) is 7.11 Å². The molecule has 0 amide bonds. The van der Waals surface area contributed by atoms with Gasteiger partial charge in [0.2, 0.25) is 0 Å². The van der Waals surface area contributed by atoms with Crippen LogP contribution in [0.3, 0.4) is 0 Å². The Balaban J connectivity index is 2.21. The number of benzene rings is 1. The van der Waals surface area contributed by atoms with Gasteiger partial charge in [-0.15, -0.1) is 0 Å². The second kappa shape index (κ2) is 6.50. The molecule has 0 saturated carbocycles. The van der Waals surface area contributed by atoms with E-state index in [4.69, 9.17) is 9.47 Å². The molecule has 1 aromatic carbocycles. The molecule has 1 N–H and O–H groups in total. The van der Waals surface area contributed by atoms with Crippen LogP contribution in [0.4, 0.5) is 5.69 Å². The Morgan fingerprint density at radius 1 is 1.28 bits per heavy atom. The van der Waals surface area contributed by atoms with Crippen molar-refractivity contribution in [2.24, 2.45) is 0 Å². The molecule has 1 saturated heterocycles. The Bertz CT molecular complexity index is 376. The topological polar surface area (TPSA) is 33.7 Å². The molecule has 0 spiro atoms. The molecule has 18 heavy (non-hydrogen) atoms. The van der Waals surface area contributed by atoms with E-state index in [0.29, 0.717) is 0 Å². The molecule has 0 aromatic heterocycles. The van der Waals surface area contributed by atoms with Gasteiger partial charge in [-0.25, -0.2) is 0 Å². The number of hydrogen-bond donors (Lipinski definition) is 1. The van der Waals surface area contributed by atoms with Crippen LogP contribution in [0.2, 0.25) is 0 Å². The lowest BCUT2D eigenvalue weighted by Crippen LogP contribution is -2.43. The maximum Gasteiger partial charge on any atom is 0.142 e. The number of hydrogen-bond acceptors (Lipinski definition) is 4. The largest absolute Gasteiger partial charge is 0.497 e. The summed E-state index contributed by atoms with van der Waals surface area (Å²) in [6, 6.07) is 6.03. The zero-order chi connectivity index (χ0) is 12.8. The van der Waals surface area contributed by atoms with Gasteiger partial charge in [-0.05, 0) is 18.6 Å². The average Bonchev–Trinajstić information content (AvgIpc) is 2.46. The van der Waals surface area contributed by atoms with Gasteiger partial charge in [0, 0.05) is 32.2 Å². The molecule has 0 bridgehead atoms. The summed E-state index contributed by atoms with van der Waals surface area (Å²) in [5, 5.41) is 3.36. The van der Waals surface area contributed by atoms with Crippen LogP contribution in [0.15, 0.2) is 18.2 Å². The van der Waals surface area contributed by atoms with Gasteiger partial charge in [-0.1, -0.05) is 6.92 Å². The predicted molar refractivity (Wildman–Crippen MR) is 73.9 cm³/mol. The van der Waals surface area contributed by atoms with Crippen LogP contribution in [-0.2, 0) is 0 Å². The lowest BCUT2D eigenvalue weighted by atomic mass is 10.2. The summed E-state index contributed by atoms with van der Waals surface area (Å²) in [6.07, 6.45) is 1.02. The van der Waals surface area contributed by atoms with Gasteiger partial charge in [-0.3, -0.25) is 0 Å². The van der Waals surface area contributed by atoms with Crippen molar-refractivity contribution in [3.05, 3.63) is 18.2 Å². The molecule has 4 heteroatoms. The fourth-order valence-electron chi connectivity index (χ4n) is 2.11. The molecule has 1 aromatic rings. The summed E-state index contributed by atoms with van der Waals surface area (Å²) in [7, 11) is 1.70. The molecule has 4 nitrogen and oxygen atoms in total. The van der Waals surface area contributed by atoms with E-state index < -0.39 is 0 Å². The molecule has 100 valence electrons. The average molecular weight is 250 g/mol. The zero-order valence-electron chi connectivity index (χ0n) is 11.2. The number of piperazine rings is 1. The first-order valence-electron chi connectivity index (χ1n) is 6.61. The van der Waals surface area contributed by atoms with Crippen molar-refractivity contribution in [3.63, 3.8) is 0 Å². The minimum absolute atomic E-state index is 0.755. The normalized spacial score (nSPS) is 15.6. The van der Waals surface area contributed by atoms with E-state index in [9.17, 15) is 0 Å². The third-order valence-corrected chi connectivity index (χ3v) is 3.09. The minimum Gasteiger partial charge on any atom is -0.497 e. The van der Waals surface area contributed by atoms with Crippen molar-refractivity contribution >= 4 is 5.69 Å². The Kier molecular flexibility index (Phi) is 4.70. The maximum atomic E-state index is 5.82. The first-order chi connectivity index (χ1) is 8.85. The lowest BCUT2D eigenvalue weighted by molar-refractivity contribution is 0.316. The van der Waals surface area contributed by atoms with Crippen molar-refractivity contribution in [1.29, 1.82) is 0 Å². The Labute approximate surface area is 109 Å². The molecule has 0 unspecified atom stereocenters. The SMILES string of the molecule is CCCOc1ccc(OC)cc1N1CCNCC1. The van der Waals surface area contributed by atoms with Gasteiger partial charge >= 0.3 is 0 Å². The molecule has 2 rings (SSSR count). The molecule has 0 atom stereocenters. The number of nitrogens with zero attached hydrogens (tertiary/aromatic N) is 1. The quantitative estimate of drug-likeness (QED) is 0.865. The van der Waals surface area contributed by atoms with E-state index >= 15 is 0 Å². The number of methoxy groups -OCH3 is 1. The van der Waals surface area contributed by atoms with Crippen molar-refractivity contribution < 1.29 is 9.47 Å². The zero-order valence-corrected chi connectivity index (χ0v) is 11.2. The van der Waals surface area contributed by atoms with Crippen LogP contribution in [0, 0.1) is 0 Å². The van der Waals surface area contributed by atoms with Gasteiger partial charge in [0.05, 0.1) is 19.4 Å². The molecule has 1 aliphatic heterocycles. The molecule has 1 heterocycles. The number of anilines is 1. The highest BCUT2D eigenvalue weighted by Gasteiger charge is 2.16. The monoisotopic (exact) mass is 250 g/mol. The first-order valence-corrected chi connectivity index (χ1v) is 6.61. The molecular formula is C14H22N2O2. The van der Waals surface area contributed by atoms with E-state index in [2.05, 4.69) is 23.2 Å². The van der Waals surface area contributed by atoms with Gasteiger partial charge < -0.3 is 19.7 Å². The summed E-state index contributed by atoms with van der Waals surface area (Å²) < 4.78 is 11.1. The van der Waals surface area contributed by atoms with Gasteiger partial charge in [0.1, 0.15) is 11.5 Å². The van der Waals surface area contributed by atoms with Crippen LogP contribution in [0.25, 0.3) is 0 Å². The summed E-state index contributed by atoms with van der Waals surface area (Å²) in [5.74, 6) is 1.84. The van der Waals surface area contributed by atoms with E-state index in [1.807, 2.05) is 12.1 Å². The fourth-order valence-corrected chi connectivity index (χ4v) is 2.11. The third-order valence-electron chi connectivity index (χ3n) is 3.09. The van der Waals surface area contributed by atoms with Crippen molar-refractivity contribution in [2.75, 3.05) is 44.8 Å². The summed E-state index contributed by atoms with van der Waals surface area (Å²) in [4.78, 5) is 2.35. The molecular weight excluding hydrogens is 228 g/mol. The molecule has 0 radical (unpaired) electrons. The highest BCUT2D eigenvalue weighted by Crippen LogP contribution is 2.32. The smallest absolute Gasteiger partial charge is 0.142 e. The second-order valence-electron chi connectivity index (χ2n) is 4.42. The van der Waals surface area contributed by atoms with Gasteiger partial charge in [0.15, 0.2) is 0 Å². The Morgan fingerprint density at radius 2 is 2.06 bits per heavy atom. The van der Waals surface area contributed by atoms with E-state index in [1.165, 1.54) is 0 Å². The Morgan fingerprint density at radius 3 is 2.72 bits per heavy atom. The summed E-state index contributed by atoms with van der Waals surface area (Å²) in [6.45, 7) is 6.93. The van der Waals surface area contributed by atoms with Crippen LogP contribution in [-0.4, -0.2) is 39.9 Å². The van der Waals surface area contributed by atoms with Crippen LogP contribution >= 0.6 is 0 Å². The van der Waals surface area contributed by atoms with Gasteiger partial charge in [0.25, 0.3) is 0 Å². The van der Waals surface area contributed by atoms with E-state index in [0.717, 1.165) is 56.4 Å². The molecule has 1 aliphatic rings. The van der Waals surface area contributed by atoms with E-state index in [-0.39, 0.29) is 0 Å². The fraction of sp³-hybridized carbons (Fsp3) is 0.571.